The van der Waals surface area contributed by atoms with Crippen molar-refractivity contribution in [1.82, 2.24) is 10.2 Å². The Labute approximate surface area is 165 Å². The van der Waals surface area contributed by atoms with Gasteiger partial charge in [0.05, 0.1) is 0 Å². The van der Waals surface area contributed by atoms with Gasteiger partial charge >= 0.3 is 0 Å². The maximum atomic E-state index is 12.4. The van der Waals surface area contributed by atoms with Crippen molar-refractivity contribution >= 4 is 17.5 Å². The van der Waals surface area contributed by atoms with Gasteiger partial charge in [0.2, 0.25) is 11.8 Å². The molecule has 1 aromatic rings. The summed E-state index contributed by atoms with van der Waals surface area (Å²) in [5.74, 6) is 2.06. The quantitative estimate of drug-likeness (QED) is 0.758. The van der Waals surface area contributed by atoms with Crippen molar-refractivity contribution in [2.24, 2.45) is 5.92 Å². The highest BCUT2D eigenvalue weighted by molar-refractivity contribution is 5.91. The zero-order chi connectivity index (χ0) is 19.3. The summed E-state index contributed by atoms with van der Waals surface area (Å²) in [7, 11) is 0. The number of benzene rings is 1. The Bertz CT molecular complexity index is 756. The van der Waals surface area contributed by atoms with Gasteiger partial charge in [0.15, 0.2) is 11.5 Å². The molecule has 7 nitrogen and oxygen atoms in total. The molecule has 150 valence electrons. The molecular weight excluding hydrogens is 358 g/mol. The number of hydrogen-bond acceptors (Lipinski definition) is 5. The van der Waals surface area contributed by atoms with Gasteiger partial charge in [-0.05, 0) is 37.3 Å². The number of anilines is 1. The lowest BCUT2D eigenvalue weighted by Crippen LogP contribution is -2.47. The number of amides is 2. The predicted molar refractivity (Wildman–Crippen MR) is 106 cm³/mol. The normalized spacial score (nSPS) is 21.6. The fraction of sp³-hybridized carbons (Fsp3) is 0.524. The van der Waals surface area contributed by atoms with Gasteiger partial charge < -0.3 is 19.7 Å². The van der Waals surface area contributed by atoms with Crippen LogP contribution in [-0.4, -0.2) is 55.6 Å². The third kappa shape index (κ3) is 4.47. The molecule has 2 amide bonds. The van der Waals surface area contributed by atoms with Crippen molar-refractivity contribution in [3.05, 3.63) is 30.4 Å². The molecule has 0 radical (unpaired) electrons. The summed E-state index contributed by atoms with van der Waals surface area (Å²) in [5.41, 5.74) is 0.729. The largest absolute Gasteiger partial charge is 0.486 e. The second kappa shape index (κ2) is 8.65. The number of likely N-dealkylation sites (tertiary alicyclic amines) is 1. The van der Waals surface area contributed by atoms with Gasteiger partial charge in [-0.15, -0.1) is 0 Å². The molecule has 0 aliphatic carbocycles. The SMILES string of the molecule is O=C(CCC1CCN(C(=O)[C@@H]2C=CCN2)CC1)Nc1ccc2c(c1)OCCO2. The molecule has 0 spiro atoms. The van der Waals surface area contributed by atoms with Crippen LogP contribution in [0.15, 0.2) is 30.4 Å². The van der Waals surface area contributed by atoms with Gasteiger partial charge in [-0.2, -0.15) is 0 Å². The molecule has 0 aromatic heterocycles. The third-order valence-corrected chi connectivity index (χ3v) is 5.58. The molecule has 3 aliphatic rings. The minimum Gasteiger partial charge on any atom is -0.486 e. The third-order valence-electron chi connectivity index (χ3n) is 5.58. The van der Waals surface area contributed by atoms with Crippen LogP contribution in [0.4, 0.5) is 5.69 Å². The summed E-state index contributed by atoms with van der Waals surface area (Å²) in [5, 5.41) is 6.12. The van der Waals surface area contributed by atoms with Crippen LogP contribution in [0.1, 0.15) is 25.7 Å². The lowest BCUT2D eigenvalue weighted by molar-refractivity contribution is -0.133. The van der Waals surface area contributed by atoms with Crippen LogP contribution in [0.5, 0.6) is 11.5 Å². The summed E-state index contributed by atoms with van der Waals surface area (Å²) >= 11 is 0. The van der Waals surface area contributed by atoms with Crippen molar-refractivity contribution in [1.29, 1.82) is 0 Å². The zero-order valence-electron chi connectivity index (χ0n) is 16.0. The van der Waals surface area contributed by atoms with Gasteiger partial charge in [-0.1, -0.05) is 12.2 Å². The second-order valence-corrected chi connectivity index (χ2v) is 7.53. The number of carbonyl (C=O) groups excluding carboxylic acids is 2. The lowest BCUT2D eigenvalue weighted by Gasteiger charge is -2.33. The van der Waals surface area contributed by atoms with Crippen molar-refractivity contribution < 1.29 is 19.1 Å². The van der Waals surface area contributed by atoms with Crippen LogP contribution >= 0.6 is 0 Å². The van der Waals surface area contributed by atoms with E-state index in [1.165, 1.54) is 0 Å². The smallest absolute Gasteiger partial charge is 0.243 e. The molecule has 0 bridgehead atoms. The average Bonchev–Trinajstić information content (AvgIpc) is 3.27. The van der Waals surface area contributed by atoms with E-state index in [9.17, 15) is 9.59 Å². The molecule has 0 saturated carbocycles. The van der Waals surface area contributed by atoms with Crippen LogP contribution in [-0.2, 0) is 9.59 Å². The second-order valence-electron chi connectivity index (χ2n) is 7.53. The zero-order valence-corrected chi connectivity index (χ0v) is 16.0. The van der Waals surface area contributed by atoms with Gasteiger partial charge in [-0.3, -0.25) is 14.9 Å². The Balaban J connectivity index is 1.19. The van der Waals surface area contributed by atoms with E-state index in [1.54, 1.807) is 0 Å². The first-order valence-corrected chi connectivity index (χ1v) is 10.1. The van der Waals surface area contributed by atoms with Gasteiger partial charge in [-0.25, -0.2) is 0 Å². The highest BCUT2D eigenvalue weighted by atomic mass is 16.6. The van der Waals surface area contributed by atoms with Crippen molar-refractivity contribution in [2.45, 2.75) is 31.7 Å². The first-order valence-electron chi connectivity index (χ1n) is 10.1. The number of fused-ring (bicyclic) bond motifs is 1. The average molecular weight is 385 g/mol. The molecule has 1 aromatic carbocycles. The van der Waals surface area contributed by atoms with Crippen molar-refractivity contribution in [3.8, 4) is 11.5 Å². The summed E-state index contributed by atoms with van der Waals surface area (Å²) in [6, 6.07) is 5.31. The van der Waals surface area contributed by atoms with Crippen molar-refractivity contribution in [2.75, 3.05) is 38.2 Å². The maximum Gasteiger partial charge on any atom is 0.243 e. The summed E-state index contributed by atoms with van der Waals surface area (Å²) in [6.45, 7) is 3.40. The number of hydrogen-bond donors (Lipinski definition) is 2. The van der Waals surface area contributed by atoms with Gasteiger partial charge in [0, 0.05) is 37.8 Å². The molecule has 3 heterocycles. The fourth-order valence-electron chi connectivity index (χ4n) is 3.96. The summed E-state index contributed by atoms with van der Waals surface area (Å²) in [6.07, 6.45) is 7.19. The topological polar surface area (TPSA) is 79.9 Å². The van der Waals surface area contributed by atoms with Crippen LogP contribution < -0.4 is 20.1 Å². The van der Waals surface area contributed by atoms with Crippen molar-refractivity contribution in [3.63, 3.8) is 0 Å². The minimum atomic E-state index is -0.159. The van der Waals surface area contributed by atoms with Crippen LogP contribution in [0.25, 0.3) is 0 Å². The fourth-order valence-corrected chi connectivity index (χ4v) is 3.96. The van der Waals surface area contributed by atoms with E-state index < -0.39 is 0 Å². The molecule has 7 heteroatoms. The Kier molecular flexibility index (Phi) is 5.81. The van der Waals surface area contributed by atoms with Gasteiger partial charge in [0.1, 0.15) is 19.3 Å². The van der Waals surface area contributed by atoms with Crippen LogP contribution in [0.3, 0.4) is 0 Å². The maximum absolute atomic E-state index is 12.4. The Morgan fingerprint density at radius 2 is 1.93 bits per heavy atom. The number of nitrogens with zero attached hydrogens (tertiary/aromatic N) is 1. The van der Waals surface area contributed by atoms with E-state index in [4.69, 9.17) is 9.47 Å². The minimum absolute atomic E-state index is 0.00970. The highest BCUT2D eigenvalue weighted by Gasteiger charge is 2.28. The molecular formula is C21H27N3O4. The number of piperidine rings is 1. The first-order chi connectivity index (χ1) is 13.7. The first kappa shape index (κ1) is 18.8. The molecule has 28 heavy (non-hydrogen) atoms. The van der Waals surface area contributed by atoms with Gasteiger partial charge in [0.25, 0.3) is 0 Å². The van der Waals surface area contributed by atoms with E-state index in [-0.39, 0.29) is 17.9 Å². The van der Waals surface area contributed by atoms with E-state index in [2.05, 4.69) is 10.6 Å². The number of rotatable bonds is 5. The monoisotopic (exact) mass is 385 g/mol. The number of ether oxygens (including phenoxy) is 2. The van der Waals surface area contributed by atoms with E-state index in [0.717, 1.165) is 44.6 Å². The number of carbonyl (C=O) groups is 2. The lowest BCUT2D eigenvalue weighted by atomic mass is 9.91. The number of nitrogens with one attached hydrogen (secondary N) is 2. The Hall–Kier alpha value is -2.54. The van der Waals surface area contributed by atoms with E-state index >= 15 is 0 Å². The van der Waals surface area contributed by atoms with Crippen LogP contribution in [0.2, 0.25) is 0 Å². The van der Waals surface area contributed by atoms with Crippen LogP contribution in [0, 0.1) is 5.92 Å². The molecule has 1 fully saturated rings. The molecule has 2 N–H and O–H groups in total. The van der Waals surface area contributed by atoms with E-state index in [1.807, 2.05) is 35.3 Å². The Morgan fingerprint density at radius 1 is 1.14 bits per heavy atom. The highest BCUT2D eigenvalue weighted by Crippen LogP contribution is 2.32. The molecule has 4 rings (SSSR count). The molecule has 0 unspecified atom stereocenters. The Morgan fingerprint density at radius 3 is 2.68 bits per heavy atom. The summed E-state index contributed by atoms with van der Waals surface area (Å²) < 4.78 is 11.0. The molecule has 1 atom stereocenters. The standard InChI is InChI=1S/C21H27N3O4/c25-20(23-16-4-5-18-19(14-16)28-13-12-27-18)6-3-15-7-10-24(11-8-15)21(26)17-2-1-9-22-17/h1-2,4-5,14-15,17,22H,3,6-13H2,(H,23,25)/t17-/m0/s1. The molecule has 1 saturated heterocycles. The summed E-state index contributed by atoms with van der Waals surface area (Å²) in [4.78, 5) is 26.7. The van der Waals surface area contributed by atoms with E-state index in [0.29, 0.717) is 37.1 Å². The molecule has 3 aliphatic heterocycles. The predicted octanol–water partition coefficient (Wildman–Crippen LogP) is 1.94.